The van der Waals surface area contributed by atoms with Crippen molar-refractivity contribution in [1.29, 1.82) is 0 Å². The first-order valence-corrected chi connectivity index (χ1v) is 8.49. The first-order chi connectivity index (χ1) is 13.2. The summed E-state index contributed by atoms with van der Waals surface area (Å²) < 4.78 is 10.7. The average Bonchev–Trinajstić information content (AvgIpc) is 2.73. The topological polar surface area (TPSA) is 81.8 Å². The molecule has 3 rings (SSSR count). The molecule has 0 aliphatic rings. The molecule has 1 aromatic heterocycles. The molecule has 2 aromatic carbocycles. The van der Waals surface area contributed by atoms with Gasteiger partial charge in [-0.05, 0) is 29.8 Å². The molecule has 0 aliphatic carbocycles. The maximum atomic E-state index is 6.00. The lowest BCUT2D eigenvalue weighted by atomic mass is 10.1. The van der Waals surface area contributed by atoms with Gasteiger partial charge in [0.05, 0.1) is 26.3 Å². The molecule has 1 heterocycles. The van der Waals surface area contributed by atoms with E-state index in [9.17, 15) is 0 Å². The van der Waals surface area contributed by atoms with Crippen molar-refractivity contribution >= 4 is 11.8 Å². The van der Waals surface area contributed by atoms with Crippen LogP contribution in [0, 0.1) is 0 Å². The van der Waals surface area contributed by atoms with E-state index in [1.54, 1.807) is 20.4 Å². The molecule has 3 aromatic rings. The summed E-state index contributed by atoms with van der Waals surface area (Å²) in [5.41, 5.74) is 8.99. The zero-order valence-electron chi connectivity index (χ0n) is 15.3. The summed E-state index contributed by atoms with van der Waals surface area (Å²) in [5, 5.41) is 3.00. The minimum Gasteiger partial charge on any atom is -0.496 e. The van der Waals surface area contributed by atoms with Crippen LogP contribution in [0.1, 0.15) is 5.56 Å². The van der Waals surface area contributed by atoms with Crippen LogP contribution in [0.5, 0.6) is 11.5 Å². The van der Waals surface area contributed by atoms with Crippen molar-refractivity contribution in [1.82, 2.24) is 4.98 Å². The molecule has 0 spiro atoms. The van der Waals surface area contributed by atoms with Crippen molar-refractivity contribution in [2.45, 2.75) is 6.54 Å². The van der Waals surface area contributed by atoms with Crippen LogP contribution in [0.15, 0.2) is 71.9 Å². The van der Waals surface area contributed by atoms with E-state index in [1.165, 1.54) is 0 Å². The summed E-state index contributed by atoms with van der Waals surface area (Å²) in [5.74, 6) is 2.30. The summed E-state index contributed by atoms with van der Waals surface area (Å²) in [7, 11) is 3.23. The molecule has 138 valence electrons. The standard InChI is InChI=1S/C21H22N4O2/c1-26-18-9-6-10-19(27-2)17(18)14-24-21(22)25-20-12-11-16(13-23-20)15-7-4-3-5-8-15/h3-13H,14H2,1-2H3,(H3,22,23,24,25). The van der Waals surface area contributed by atoms with Gasteiger partial charge in [0.15, 0.2) is 5.96 Å². The fraction of sp³-hybridized carbons (Fsp3) is 0.143. The maximum Gasteiger partial charge on any atom is 0.194 e. The summed E-state index contributed by atoms with van der Waals surface area (Å²) in [6, 6.07) is 19.5. The highest BCUT2D eigenvalue weighted by atomic mass is 16.5. The third-order valence-corrected chi connectivity index (χ3v) is 4.06. The number of hydrogen-bond donors (Lipinski definition) is 2. The number of hydrogen-bond acceptors (Lipinski definition) is 4. The van der Waals surface area contributed by atoms with Crippen molar-refractivity contribution in [3.8, 4) is 22.6 Å². The van der Waals surface area contributed by atoms with Gasteiger partial charge in [-0.3, -0.25) is 0 Å². The second-order valence-electron chi connectivity index (χ2n) is 5.77. The Balaban J connectivity index is 1.70. The van der Waals surface area contributed by atoms with Gasteiger partial charge in [-0.25, -0.2) is 9.98 Å². The van der Waals surface area contributed by atoms with Crippen molar-refractivity contribution in [2.24, 2.45) is 10.7 Å². The van der Waals surface area contributed by atoms with Gasteiger partial charge in [0.25, 0.3) is 0 Å². The molecule has 27 heavy (non-hydrogen) atoms. The number of methoxy groups -OCH3 is 2. The fourth-order valence-corrected chi connectivity index (χ4v) is 2.69. The number of guanidine groups is 1. The van der Waals surface area contributed by atoms with Gasteiger partial charge in [-0.1, -0.05) is 36.4 Å². The lowest BCUT2D eigenvalue weighted by Gasteiger charge is -2.11. The van der Waals surface area contributed by atoms with Gasteiger partial charge < -0.3 is 20.5 Å². The van der Waals surface area contributed by atoms with E-state index in [4.69, 9.17) is 15.2 Å². The highest BCUT2D eigenvalue weighted by Gasteiger charge is 2.09. The van der Waals surface area contributed by atoms with Gasteiger partial charge in [-0.15, -0.1) is 0 Å². The van der Waals surface area contributed by atoms with Crippen LogP contribution in [0.4, 0.5) is 5.82 Å². The Kier molecular flexibility index (Phi) is 5.89. The first-order valence-electron chi connectivity index (χ1n) is 8.49. The molecule has 6 heteroatoms. The first kappa shape index (κ1) is 18.3. The number of nitrogens with two attached hydrogens (primary N) is 1. The van der Waals surface area contributed by atoms with Crippen molar-refractivity contribution < 1.29 is 9.47 Å². The van der Waals surface area contributed by atoms with Gasteiger partial charge in [0.2, 0.25) is 0 Å². The van der Waals surface area contributed by atoms with Gasteiger partial charge in [0.1, 0.15) is 17.3 Å². The molecule has 0 aliphatic heterocycles. The maximum absolute atomic E-state index is 6.00. The van der Waals surface area contributed by atoms with E-state index >= 15 is 0 Å². The number of nitrogens with zero attached hydrogens (tertiary/aromatic N) is 2. The molecular formula is C21H22N4O2. The molecule has 0 fully saturated rings. The highest BCUT2D eigenvalue weighted by molar-refractivity contribution is 5.91. The molecule has 3 N–H and O–H groups in total. The fourth-order valence-electron chi connectivity index (χ4n) is 2.69. The Morgan fingerprint density at radius 2 is 1.63 bits per heavy atom. The van der Waals surface area contributed by atoms with E-state index < -0.39 is 0 Å². The summed E-state index contributed by atoms with van der Waals surface area (Å²) in [6.07, 6.45) is 1.80. The van der Waals surface area contributed by atoms with E-state index in [0.717, 1.165) is 16.7 Å². The lowest BCUT2D eigenvalue weighted by molar-refractivity contribution is 0.385. The highest BCUT2D eigenvalue weighted by Crippen LogP contribution is 2.28. The van der Waals surface area contributed by atoms with Crippen LogP contribution >= 0.6 is 0 Å². The van der Waals surface area contributed by atoms with E-state index in [0.29, 0.717) is 23.9 Å². The Bertz CT molecular complexity index is 887. The van der Waals surface area contributed by atoms with Gasteiger partial charge in [0, 0.05) is 11.8 Å². The Morgan fingerprint density at radius 3 is 2.22 bits per heavy atom. The van der Waals surface area contributed by atoms with Crippen LogP contribution in [-0.2, 0) is 6.54 Å². The molecule has 6 nitrogen and oxygen atoms in total. The van der Waals surface area contributed by atoms with Crippen LogP contribution in [0.25, 0.3) is 11.1 Å². The zero-order chi connectivity index (χ0) is 19.1. The third kappa shape index (κ3) is 4.55. The molecule has 0 saturated heterocycles. The second kappa shape index (κ2) is 8.71. The van der Waals surface area contributed by atoms with Crippen molar-refractivity contribution in [2.75, 3.05) is 19.5 Å². The normalized spacial score (nSPS) is 11.1. The zero-order valence-corrected chi connectivity index (χ0v) is 15.3. The second-order valence-corrected chi connectivity index (χ2v) is 5.77. The number of aliphatic imine (C=N–C) groups is 1. The predicted molar refractivity (Wildman–Crippen MR) is 108 cm³/mol. The monoisotopic (exact) mass is 362 g/mol. The Morgan fingerprint density at radius 1 is 0.926 bits per heavy atom. The van der Waals surface area contributed by atoms with Crippen LogP contribution in [0.2, 0.25) is 0 Å². The molecule has 0 radical (unpaired) electrons. The molecule has 0 bridgehead atoms. The minimum absolute atomic E-state index is 0.267. The lowest BCUT2D eigenvalue weighted by Crippen LogP contribution is -2.23. The summed E-state index contributed by atoms with van der Waals surface area (Å²) in [4.78, 5) is 8.77. The van der Waals surface area contributed by atoms with Crippen LogP contribution < -0.4 is 20.5 Å². The predicted octanol–water partition coefficient (Wildman–Crippen LogP) is 3.69. The quantitative estimate of drug-likeness (QED) is 0.516. The van der Waals surface area contributed by atoms with Crippen molar-refractivity contribution in [3.63, 3.8) is 0 Å². The van der Waals surface area contributed by atoms with E-state index in [2.05, 4.69) is 15.3 Å². The number of ether oxygens (including phenoxy) is 2. The largest absolute Gasteiger partial charge is 0.496 e. The number of benzene rings is 2. The third-order valence-electron chi connectivity index (χ3n) is 4.06. The molecular weight excluding hydrogens is 340 g/mol. The number of anilines is 1. The number of aromatic nitrogens is 1. The molecule has 0 atom stereocenters. The number of pyridine rings is 1. The SMILES string of the molecule is COc1cccc(OC)c1CN=C(N)Nc1ccc(-c2ccccc2)cn1. The van der Waals surface area contributed by atoms with Crippen LogP contribution in [-0.4, -0.2) is 25.2 Å². The molecule has 0 amide bonds. The van der Waals surface area contributed by atoms with Crippen LogP contribution in [0.3, 0.4) is 0 Å². The minimum atomic E-state index is 0.267. The van der Waals surface area contributed by atoms with E-state index in [1.807, 2.05) is 60.7 Å². The Labute approximate surface area is 158 Å². The average molecular weight is 362 g/mol. The Hall–Kier alpha value is -3.54. The smallest absolute Gasteiger partial charge is 0.194 e. The van der Waals surface area contributed by atoms with E-state index in [-0.39, 0.29) is 5.96 Å². The summed E-state index contributed by atoms with van der Waals surface area (Å²) in [6.45, 7) is 0.327. The molecule has 0 unspecified atom stereocenters. The number of rotatable bonds is 6. The van der Waals surface area contributed by atoms with Gasteiger partial charge in [-0.2, -0.15) is 0 Å². The number of nitrogens with one attached hydrogen (secondary N) is 1. The van der Waals surface area contributed by atoms with Gasteiger partial charge >= 0.3 is 0 Å². The molecule has 0 saturated carbocycles. The van der Waals surface area contributed by atoms with Crippen molar-refractivity contribution in [3.05, 3.63) is 72.4 Å². The summed E-state index contributed by atoms with van der Waals surface area (Å²) >= 11 is 0.